The van der Waals surface area contributed by atoms with Crippen LogP contribution in [0.2, 0.25) is 0 Å². The molecule has 3 rings (SSSR count). The minimum atomic E-state index is 0.101. The molecule has 5 nitrogen and oxygen atoms in total. The first-order valence-electron chi connectivity index (χ1n) is 8.66. The Kier molecular flexibility index (Phi) is 5.30. The van der Waals surface area contributed by atoms with E-state index in [-0.39, 0.29) is 11.9 Å². The van der Waals surface area contributed by atoms with Crippen LogP contribution in [0.5, 0.6) is 0 Å². The van der Waals surface area contributed by atoms with Crippen molar-refractivity contribution in [3.8, 4) is 6.07 Å². The molecule has 1 fully saturated rings. The molecule has 0 aliphatic carbocycles. The largest absolute Gasteiger partial charge is 0.353 e. The Hall–Kier alpha value is -2.87. The van der Waals surface area contributed by atoms with Crippen LogP contribution in [-0.4, -0.2) is 34.9 Å². The summed E-state index contributed by atoms with van der Waals surface area (Å²) in [6, 6.07) is 15.9. The number of hydrogen-bond donors (Lipinski definition) is 0. The van der Waals surface area contributed by atoms with Crippen molar-refractivity contribution < 1.29 is 4.79 Å². The van der Waals surface area contributed by atoms with E-state index in [1.54, 1.807) is 18.3 Å². The summed E-state index contributed by atoms with van der Waals surface area (Å²) in [5.41, 5.74) is 1.69. The number of rotatable bonds is 4. The molecule has 1 amide bonds. The summed E-state index contributed by atoms with van der Waals surface area (Å²) in [5.74, 6) is 0.838. The van der Waals surface area contributed by atoms with Gasteiger partial charge in [-0.3, -0.25) is 4.79 Å². The monoisotopic (exact) mass is 334 g/mol. The normalized spacial score (nSPS) is 17.9. The predicted octanol–water partition coefficient (Wildman–Crippen LogP) is 2.97. The third kappa shape index (κ3) is 3.80. The van der Waals surface area contributed by atoms with Crippen molar-refractivity contribution in [2.24, 2.45) is 0 Å². The second kappa shape index (κ2) is 7.80. The molecule has 25 heavy (non-hydrogen) atoms. The van der Waals surface area contributed by atoms with Gasteiger partial charge in [0.1, 0.15) is 11.9 Å². The fourth-order valence-corrected chi connectivity index (χ4v) is 3.30. The van der Waals surface area contributed by atoms with Gasteiger partial charge < -0.3 is 9.80 Å². The molecule has 128 valence electrons. The third-order valence-electron chi connectivity index (χ3n) is 4.66. The van der Waals surface area contributed by atoms with Crippen LogP contribution in [0.4, 0.5) is 5.82 Å². The maximum atomic E-state index is 12.7. The molecule has 5 heteroatoms. The number of amides is 1. The Labute approximate surface area is 148 Å². The number of aromatic nitrogens is 1. The van der Waals surface area contributed by atoms with Gasteiger partial charge in [-0.15, -0.1) is 0 Å². The number of pyridine rings is 1. The highest BCUT2D eigenvalue weighted by Crippen LogP contribution is 2.23. The second-order valence-electron chi connectivity index (χ2n) is 6.25. The van der Waals surface area contributed by atoms with Crippen LogP contribution in [0.3, 0.4) is 0 Å². The van der Waals surface area contributed by atoms with Gasteiger partial charge in [0.05, 0.1) is 5.56 Å². The summed E-state index contributed by atoms with van der Waals surface area (Å²) in [6.07, 6.45) is 3.00. The Balaban J connectivity index is 1.85. The molecule has 2 heterocycles. The maximum Gasteiger partial charge on any atom is 0.224 e. The smallest absolute Gasteiger partial charge is 0.224 e. The van der Waals surface area contributed by atoms with Crippen molar-refractivity contribution >= 4 is 11.7 Å². The zero-order valence-electron chi connectivity index (χ0n) is 14.4. The van der Waals surface area contributed by atoms with E-state index in [9.17, 15) is 10.1 Å². The number of hydrogen-bond acceptors (Lipinski definition) is 4. The molecule has 0 unspecified atom stereocenters. The summed E-state index contributed by atoms with van der Waals surface area (Å²) in [5, 5.41) is 9.35. The zero-order chi connectivity index (χ0) is 17.6. The number of anilines is 1. The number of nitrogens with zero attached hydrogens (tertiary/aromatic N) is 4. The highest BCUT2D eigenvalue weighted by molar-refractivity contribution is 5.78. The topological polar surface area (TPSA) is 60.2 Å². The van der Waals surface area contributed by atoms with Crippen molar-refractivity contribution in [1.29, 1.82) is 5.26 Å². The minimum Gasteiger partial charge on any atom is -0.353 e. The Bertz CT molecular complexity index is 769. The molecule has 1 aromatic heterocycles. The van der Waals surface area contributed by atoms with Crippen molar-refractivity contribution in [2.75, 3.05) is 18.0 Å². The van der Waals surface area contributed by atoms with Crippen LogP contribution in [0.25, 0.3) is 0 Å². The van der Waals surface area contributed by atoms with Gasteiger partial charge in [0.2, 0.25) is 5.91 Å². The first kappa shape index (κ1) is 17.0. The van der Waals surface area contributed by atoms with Crippen LogP contribution in [0, 0.1) is 11.3 Å². The molecule has 1 saturated heterocycles. The minimum absolute atomic E-state index is 0.101. The van der Waals surface area contributed by atoms with E-state index in [1.807, 2.05) is 23.1 Å². The van der Waals surface area contributed by atoms with Gasteiger partial charge >= 0.3 is 0 Å². The average Bonchev–Trinajstić information content (AvgIpc) is 2.82. The van der Waals surface area contributed by atoms with E-state index in [1.165, 1.54) is 0 Å². The molecular weight excluding hydrogens is 312 g/mol. The van der Waals surface area contributed by atoms with Gasteiger partial charge in [-0.05, 0) is 24.1 Å². The number of carbonyl (C=O) groups is 1. The van der Waals surface area contributed by atoms with E-state index in [4.69, 9.17) is 0 Å². The molecule has 1 aliphatic heterocycles. The summed E-state index contributed by atoms with van der Waals surface area (Å²) >= 11 is 0. The fourth-order valence-electron chi connectivity index (χ4n) is 3.30. The highest BCUT2D eigenvalue weighted by Gasteiger charge is 2.29. The van der Waals surface area contributed by atoms with Crippen LogP contribution >= 0.6 is 0 Å². The SMILES string of the molecule is CC[C@H]1CN(c2ncccc2C#N)CCC(=O)N1Cc1ccccc1. The molecule has 0 radical (unpaired) electrons. The van der Waals surface area contributed by atoms with Gasteiger partial charge in [-0.25, -0.2) is 4.98 Å². The van der Waals surface area contributed by atoms with Gasteiger partial charge in [0.25, 0.3) is 0 Å². The lowest BCUT2D eigenvalue weighted by Gasteiger charge is -2.32. The third-order valence-corrected chi connectivity index (χ3v) is 4.66. The standard InChI is InChI=1S/C20H22N4O/c1-2-18-15-23(20-17(13-21)9-6-11-22-20)12-10-19(25)24(18)14-16-7-4-3-5-8-16/h3-9,11,18H,2,10,12,14-15H2,1H3/t18-/m0/s1. The molecule has 2 aromatic rings. The first-order chi connectivity index (χ1) is 12.2. The van der Waals surface area contributed by atoms with E-state index < -0.39 is 0 Å². The lowest BCUT2D eigenvalue weighted by atomic mass is 10.1. The zero-order valence-corrected chi connectivity index (χ0v) is 14.4. The average molecular weight is 334 g/mol. The van der Waals surface area contributed by atoms with E-state index >= 15 is 0 Å². The molecule has 1 atom stereocenters. The lowest BCUT2D eigenvalue weighted by molar-refractivity contribution is -0.133. The summed E-state index contributed by atoms with van der Waals surface area (Å²) in [4.78, 5) is 21.2. The van der Waals surface area contributed by atoms with Gasteiger partial charge in [0.15, 0.2) is 0 Å². The van der Waals surface area contributed by atoms with E-state index in [0.717, 1.165) is 12.0 Å². The van der Waals surface area contributed by atoms with E-state index in [0.29, 0.717) is 37.4 Å². The van der Waals surface area contributed by atoms with Crippen LogP contribution in [-0.2, 0) is 11.3 Å². The van der Waals surface area contributed by atoms with Crippen molar-refractivity contribution in [1.82, 2.24) is 9.88 Å². The van der Waals surface area contributed by atoms with Crippen LogP contribution < -0.4 is 4.90 Å². The van der Waals surface area contributed by atoms with Crippen molar-refractivity contribution in [3.05, 3.63) is 59.8 Å². The number of nitriles is 1. The second-order valence-corrected chi connectivity index (χ2v) is 6.25. The quantitative estimate of drug-likeness (QED) is 0.862. The van der Waals surface area contributed by atoms with Crippen LogP contribution in [0.1, 0.15) is 30.9 Å². The van der Waals surface area contributed by atoms with Gasteiger partial charge in [0, 0.05) is 38.3 Å². The Morgan fingerprint density at radius 3 is 2.76 bits per heavy atom. The van der Waals surface area contributed by atoms with Crippen LogP contribution in [0.15, 0.2) is 48.7 Å². The Morgan fingerprint density at radius 2 is 2.04 bits per heavy atom. The number of carbonyl (C=O) groups excluding carboxylic acids is 1. The molecule has 0 N–H and O–H groups in total. The predicted molar refractivity (Wildman–Crippen MR) is 96.9 cm³/mol. The van der Waals surface area contributed by atoms with Gasteiger partial charge in [-0.1, -0.05) is 37.3 Å². The molecule has 1 aromatic carbocycles. The van der Waals surface area contributed by atoms with Gasteiger partial charge in [-0.2, -0.15) is 5.26 Å². The highest BCUT2D eigenvalue weighted by atomic mass is 16.2. The summed E-state index contributed by atoms with van der Waals surface area (Å²) < 4.78 is 0. The van der Waals surface area contributed by atoms with Crippen molar-refractivity contribution in [2.45, 2.75) is 32.4 Å². The molecular formula is C20H22N4O. The first-order valence-corrected chi connectivity index (χ1v) is 8.66. The molecule has 0 saturated carbocycles. The molecule has 1 aliphatic rings. The Morgan fingerprint density at radius 1 is 1.24 bits per heavy atom. The summed E-state index contributed by atoms with van der Waals surface area (Å²) in [6.45, 7) is 4.01. The van der Waals surface area contributed by atoms with E-state index in [2.05, 4.69) is 35.0 Å². The van der Waals surface area contributed by atoms with Crippen molar-refractivity contribution in [3.63, 3.8) is 0 Å². The maximum absolute atomic E-state index is 12.7. The summed E-state index contributed by atoms with van der Waals surface area (Å²) in [7, 11) is 0. The lowest BCUT2D eigenvalue weighted by Crippen LogP contribution is -2.42. The molecule has 0 bridgehead atoms. The number of benzene rings is 1. The molecule has 0 spiro atoms. The fraction of sp³-hybridized carbons (Fsp3) is 0.350.